The van der Waals surface area contributed by atoms with Crippen LogP contribution in [0, 0.1) is 11.6 Å². The first-order valence-corrected chi connectivity index (χ1v) is 9.18. The normalized spacial score (nSPS) is 28.6. The molecular formula is C18H17F2NO3S. The molecule has 1 aliphatic heterocycles. The van der Waals surface area contributed by atoms with Gasteiger partial charge in [0, 0.05) is 11.4 Å². The minimum Gasteiger partial charge on any atom is -0.336 e. The van der Waals surface area contributed by atoms with Gasteiger partial charge in [0.15, 0.2) is 0 Å². The van der Waals surface area contributed by atoms with Crippen LogP contribution < -0.4 is 4.90 Å². The van der Waals surface area contributed by atoms with Crippen molar-refractivity contribution < 1.29 is 21.4 Å². The SMILES string of the molecule is O=S1O[C@H]2[C@H](N(c3ccc(F)cc3)c3ccc(F)cc3)CCC[C@H]2O1. The first kappa shape index (κ1) is 16.6. The summed E-state index contributed by atoms with van der Waals surface area (Å²) < 4.78 is 49.3. The summed E-state index contributed by atoms with van der Waals surface area (Å²) in [4.78, 5) is 1.99. The van der Waals surface area contributed by atoms with Gasteiger partial charge in [0.1, 0.15) is 23.8 Å². The summed E-state index contributed by atoms with van der Waals surface area (Å²) in [7, 11) is 0. The largest absolute Gasteiger partial charge is 0.336 e. The molecule has 2 fully saturated rings. The molecule has 1 saturated heterocycles. The van der Waals surface area contributed by atoms with Crippen LogP contribution >= 0.6 is 0 Å². The van der Waals surface area contributed by atoms with Gasteiger partial charge in [-0.2, -0.15) is 4.21 Å². The fourth-order valence-electron chi connectivity index (χ4n) is 3.56. The number of anilines is 2. The van der Waals surface area contributed by atoms with E-state index < -0.39 is 11.4 Å². The summed E-state index contributed by atoms with van der Waals surface area (Å²) in [5.74, 6) is -0.656. The summed E-state index contributed by atoms with van der Waals surface area (Å²) in [6.07, 6.45) is 1.89. The zero-order chi connectivity index (χ0) is 17.4. The van der Waals surface area contributed by atoms with Gasteiger partial charge in [-0.1, -0.05) is 0 Å². The lowest BCUT2D eigenvalue weighted by Crippen LogP contribution is -2.48. The summed E-state index contributed by atoms with van der Waals surface area (Å²) in [5, 5.41) is 0. The van der Waals surface area contributed by atoms with Gasteiger partial charge in [0.2, 0.25) is 0 Å². The maximum atomic E-state index is 13.4. The van der Waals surface area contributed by atoms with E-state index in [0.717, 1.165) is 30.6 Å². The zero-order valence-corrected chi connectivity index (χ0v) is 14.1. The van der Waals surface area contributed by atoms with E-state index in [1.807, 2.05) is 4.90 Å². The number of nitrogens with zero attached hydrogens (tertiary/aromatic N) is 1. The summed E-state index contributed by atoms with van der Waals surface area (Å²) in [6, 6.07) is 12.1. The number of hydrogen-bond donors (Lipinski definition) is 0. The highest BCUT2D eigenvalue weighted by molar-refractivity contribution is 7.75. The van der Waals surface area contributed by atoms with Gasteiger partial charge in [0.25, 0.3) is 0 Å². The lowest BCUT2D eigenvalue weighted by atomic mass is 9.88. The highest BCUT2D eigenvalue weighted by Gasteiger charge is 2.45. The molecule has 2 aromatic rings. The molecule has 0 radical (unpaired) electrons. The number of hydrogen-bond acceptors (Lipinski definition) is 4. The Morgan fingerprint density at radius 2 is 1.44 bits per heavy atom. The fraction of sp³-hybridized carbons (Fsp3) is 0.333. The zero-order valence-electron chi connectivity index (χ0n) is 13.3. The first-order chi connectivity index (χ1) is 12.1. The summed E-state index contributed by atoms with van der Waals surface area (Å²) >= 11 is -1.75. The maximum Gasteiger partial charge on any atom is 0.305 e. The number of benzene rings is 2. The van der Waals surface area contributed by atoms with Gasteiger partial charge in [-0.15, -0.1) is 0 Å². The average Bonchev–Trinajstić information content (AvgIpc) is 2.99. The molecule has 0 aromatic heterocycles. The molecule has 2 aromatic carbocycles. The monoisotopic (exact) mass is 365 g/mol. The van der Waals surface area contributed by atoms with Gasteiger partial charge >= 0.3 is 11.4 Å². The van der Waals surface area contributed by atoms with Gasteiger partial charge in [-0.05, 0) is 67.8 Å². The van der Waals surface area contributed by atoms with Crippen molar-refractivity contribution in [2.45, 2.75) is 37.5 Å². The molecule has 4 nitrogen and oxygen atoms in total. The Balaban J connectivity index is 1.75. The van der Waals surface area contributed by atoms with Crippen molar-refractivity contribution in [3.63, 3.8) is 0 Å². The van der Waals surface area contributed by atoms with E-state index >= 15 is 0 Å². The van der Waals surface area contributed by atoms with Gasteiger partial charge in [-0.25, -0.2) is 8.78 Å². The third-order valence-corrected chi connectivity index (χ3v) is 5.45. The van der Waals surface area contributed by atoms with Crippen LogP contribution in [0.25, 0.3) is 0 Å². The van der Waals surface area contributed by atoms with Gasteiger partial charge in [0.05, 0.1) is 6.04 Å². The van der Waals surface area contributed by atoms with Gasteiger partial charge in [-0.3, -0.25) is 8.37 Å². The molecule has 0 spiro atoms. The van der Waals surface area contributed by atoms with Crippen LogP contribution in [0.1, 0.15) is 19.3 Å². The topological polar surface area (TPSA) is 38.8 Å². The van der Waals surface area contributed by atoms with E-state index in [1.165, 1.54) is 24.3 Å². The molecular weight excluding hydrogens is 348 g/mol. The third-order valence-electron chi connectivity index (χ3n) is 4.67. The van der Waals surface area contributed by atoms with E-state index in [9.17, 15) is 13.0 Å². The fourth-order valence-corrected chi connectivity index (χ4v) is 4.45. The van der Waals surface area contributed by atoms with Crippen molar-refractivity contribution >= 4 is 22.7 Å². The lowest BCUT2D eigenvalue weighted by molar-refractivity contribution is 0.0920. The summed E-state index contributed by atoms with van der Waals surface area (Å²) in [5.41, 5.74) is 1.53. The second kappa shape index (κ2) is 6.82. The molecule has 4 rings (SSSR count). The molecule has 25 heavy (non-hydrogen) atoms. The molecule has 1 unspecified atom stereocenters. The van der Waals surface area contributed by atoms with Crippen molar-refractivity contribution in [2.24, 2.45) is 0 Å². The molecule has 0 N–H and O–H groups in total. The van der Waals surface area contributed by atoms with E-state index in [2.05, 4.69) is 0 Å². The molecule has 1 saturated carbocycles. The standard InChI is InChI=1S/C18H17F2NO3S/c19-12-4-8-14(9-5-12)21(15-10-6-13(20)7-11-15)16-2-1-3-17-18(16)24-25(22)23-17/h4-11,16-18H,1-3H2/t16-,17-,18+,25?/m1/s1. The Morgan fingerprint density at radius 1 is 0.880 bits per heavy atom. The Kier molecular flexibility index (Phi) is 4.54. The first-order valence-electron chi connectivity index (χ1n) is 8.18. The third kappa shape index (κ3) is 3.31. The highest BCUT2D eigenvalue weighted by Crippen LogP contribution is 2.39. The number of fused-ring (bicyclic) bond motifs is 1. The Morgan fingerprint density at radius 3 is 2.00 bits per heavy atom. The van der Waals surface area contributed by atoms with Crippen LogP contribution in [0.15, 0.2) is 48.5 Å². The van der Waals surface area contributed by atoms with Crippen LogP contribution in [-0.2, 0) is 19.7 Å². The molecule has 132 valence electrons. The van der Waals surface area contributed by atoms with Crippen molar-refractivity contribution in [2.75, 3.05) is 4.90 Å². The predicted octanol–water partition coefficient (Wildman–Crippen LogP) is 4.02. The second-order valence-electron chi connectivity index (χ2n) is 6.22. The molecule has 2 aliphatic rings. The van der Waals surface area contributed by atoms with E-state index in [4.69, 9.17) is 8.37 Å². The van der Waals surface area contributed by atoms with Gasteiger partial charge < -0.3 is 4.90 Å². The average molecular weight is 365 g/mol. The van der Waals surface area contributed by atoms with E-state index in [-0.39, 0.29) is 29.9 Å². The molecule has 7 heteroatoms. The molecule has 1 aliphatic carbocycles. The molecule has 0 amide bonds. The van der Waals surface area contributed by atoms with Crippen LogP contribution in [0.4, 0.5) is 20.2 Å². The summed E-state index contributed by atoms with van der Waals surface area (Å²) in [6.45, 7) is 0. The van der Waals surface area contributed by atoms with E-state index in [1.54, 1.807) is 24.3 Å². The minimum atomic E-state index is -1.75. The quantitative estimate of drug-likeness (QED) is 0.824. The second-order valence-corrected chi connectivity index (χ2v) is 7.01. The van der Waals surface area contributed by atoms with Crippen LogP contribution in [0.2, 0.25) is 0 Å². The van der Waals surface area contributed by atoms with Crippen LogP contribution in [-0.4, -0.2) is 22.5 Å². The van der Waals surface area contributed by atoms with Crippen molar-refractivity contribution in [1.82, 2.24) is 0 Å². The molecule has 1 heterocycles. The lowest BCUT2D eigenvalue weighted by Gasteiger charge is -2.40. The number of rotatable bonds is 3. The maximum absolute atomic E-state index is 13.4. The Bertz CT molecular complexity index is 723. The molecule has 4 atom stereocenters. The molecule has 0 bridgehead atoms. The highest BCUT2D eigenvalue weighted by atomic mass is 32.2. The number of halogens is 2. The van der Waals surface area contributed by atoms with Crippen LogP contribution in [0.5, 0.6) is 0 Å². The Hall–Kier alpha value is -1.83. The van der Waals surface area contributed by atoms with E-state index in [0.29, 0.717) is 0 Å². The Labute approximate surface area is 147 Å². The van der Waals surface area contributed by atoms with Crippen molar-refractivity contribution in [1.29, 1.82) is 0 Å². The van der Waals surface area contributed by atoms with Crippen molar-refractivity contribution in [3.05, 3.63) is 60.2 Å². The predicted molar refractivity (Wildman–Crippen MR) is 90.5 cm³/mol. The van der Waals surface area contributed by atoms with Crippen LogP contribution in [0.3, 0.4) is 0 Å². The smallest absolute Gasteiger partial charge is 0.305 e. The minimum absolute atomic E-state index is 0.138. The van der Waals surface area contributed by atoms with Crippen molar-refractivity contribution in [3.8, 4) is 0 Å².